The molecule has 0 amide bonds. The lowest BCUT2D eigenvalue weighted by Gasteiger charge is -2.35. The Kier molecular flexibility index (Phi) is 12.2. The minimum atomic E-state index is -3.45. The molecular formula is C64H44N8Si. The lowest BCUT2D eigenvalue weighted by molar-refractivity contribution is 1.07. The number of rotatable bonds is 12. The summed E-state index contributed by atoms with van der Waals surface area (Å²) in [4.78, 5) is 40.1. The van der Waals surface area contributed by atoms with E-state index in [2.05, 4.69) is 119 Å². The zero-order valence-electron chi connectivity index (χ0n) is 39.5. The summed E-state index contributed by atoms with van der Waals surface area (Å²) in [5.41, 5.74) is 9.54. The van der Waals surface area contributed by atoms with Gasteiger partial charge in [0.15, 0.2) is 43.0 Å². The van der Waals surface area contributed by atoms with Crippen LogP contribution in [0, 0.1) is 0 Å². The van der Waals surface area contributed by atoms with Crippen LogP contribution in [0.5, 0.6) is 0 Å². The first-order valence-electron chi connectivity index (χ1n) is 24.1. The molecule has 0 N–H and O–H groups in total. The molecule has 0 aliphatic carbocycles. The highest BCUT2D eigenvalue weighted by atomic mass is 28.3. The minimum absolute atomic E-state index is 0.575. The van der Waals surface area contributed by atoms with Crippen LogP contribution >= 0.6 is 0 Å². The number of hydrogen-bond acceptors (Lipinski definition) is 8. The Balaban J connectivity index is 1.14. The third-order valence-electron chi connectivity index (χ3n) is 13.1. The van der Waals surface area contributed by atoms with Gasteiger partial charge in [-0.1, -0.05) is 231 Å². The molecule has 12 aromatic rings. The van der Waals surface area contributed by atoms with E-state index < -0.39 is 8.07 Å². The molecule has 0 bridgehead atoms. The van der Waals surface area contributed by atoms with Crippen molar-refractivity contribution in [1.82, 2.24) is 39.9 Å². The zero-order valence-corrected chi connectivity index (χ0v) is 40.5. The van der Waals surface area contributed by atoms with E-state index >= 15 is 0 Å². The average Bonchev–Trinajstić information content (AvgIpc) is 3.49. The molecule has 4 aromatic heterocycles. The van der Waals surface area contributed by atoms with Crippen LogP contribution in [-0.4, -0.2) is 47.9 Å². The average molecular weight is 953 g/mol. The SMILES string of the molecule is c1ccc(-c2nc(-c3ccccc3)nc(-c3cccc([Si](c4cccc(-c5cccnc5)c4)(c4cccc(-c5cccnc5)c4)c4cccc(-c5nc(-c6ccccc6)nc(-c6ccccc6)n5)c4)c3)n2)cc1. The van der Waals surface area contributed by atoms with Crippen molar-refractivity contribution < 1.29 is 0 Å². The lowest BCUT2D eigenvalue weighted by atomic mass is 10.1. The standard InChI is InChI=1S/C64H44N8Si/c1-5-19-45(20-6-1)59-67-60(46-21-7-2-8-22-46)70-63(69-59)51-29-15-35-57(41-51)73(55-33-13-27-49(39-55)53-31-17-37-65-43-53,56-34-14-28-50(40-56)54-32-18-38-66-44-54)58-36-16-30-52(42-58)64-71-61(47-23-9-3-10-24-47)68-62(72-64)48-25-11-4-12-26-48/h1-44H. The maximum Gasteiger partial charge on any atom is 0.179 e. The van der Waals surface area contributed by atoms with Gasteiger partial charge in [-0.25, -0.2) is 29.9 Å². The van der Waals surface area contributed by atoms with Crippen LogP contribution in [0.3, 0.4) is 0 Å². The highest BCUT2D eigenvalue weighted by Gasteiger charge is 2.42. The number of benzene rings is 8. The Morgan fingerprint density at radius 2 is 0.452 bits per heavy atom. The summed E-state index contributed by atoms with van der Waals surface area (Å²) >= 11 is 0. The highest BCUT2D eigenvalue weighted by molar-refractivity contribution is 7.20. The molecule has 0 unspecified atom stereocenters. The molecule has 0 aliphatic heterocycles. The van der Waals surface area contributed by atoms with E-state index in [1.54, 1.807) is 0 Å². The quantitative estimate of drug-likeness (QED) is 0.0881. The van der Waals surface area contributed by atoms with Gasteiger partial charge in [-0.2, -0.15) is 0 Å². The van der Waals surface area contributed by atoms with Crippen LogP contribution in [0.25, 0.3) is 90.6 Å². The van der Waals surface area contributed by atoms with Crippen LogP contribution in [0.1, 0.15) is 0 Å². The summed E-state index contributed by atoms with van der Waals surface area (Å²) in [7, 11) is -3.45. The second-order valence-electron chi connectivity index (χ2n) is 17.6. The largest absolute Gasteiger partial charge is 0.264 e. The highest BCUT2D eigenvalue weighted by Crippen LogP contribution is 2.29. The molecule has 0 aliphatic rings. The van der Waals surface area contributed by atoms with Crippen LogP contribution in [0.2, 0.25) is 0 Å². The predicted octanol–water partition coefficient (Wildman–Crippen LogP) is 11.6. The summed E-state index contributed by atoms with van der Waals surface area (Å²) in [6.07, 6.45) is 7.48. The fraction of sp³-hybridized carbons (Fsp3) is 0. The van der Waals surface area contributed by atoms with E-state index in [1.807, 2.05) is 158 Å². The van der Waals surface area contributed by atoms with Gasteiger partial charge >= 0.3 is 0 Å². The van der Waals surface area contributed by atoms with Crippen LogP contribution < -0.4 is 20.7 Å². The molecule has 73 heavy (non-hydrogen) atoms. The molecule has 0 saturated heterocycles. The first-order valence-corrected chi connectivity index (χ1v) is 26.1. The van der Waals surface area contributed by atoms with E-state index in [4.69, 9.17) is 29.9 Å². The number of pyridine rings is 2. The van der Waals surface area contributed by atoms with Gasteiger partial charge in [-0.05, 0) is 55.1 Å². The Bertz CT molecular complexity index is 3480. The second kappa shape index (κ2) is 20.0. The number of aromatic nitrogens is 8. The number of nitrogens with zero attached hydrogens (tertiary/aromatic N) is 8. The zero-order chi connectivity index (χ0) is 48.8. The molecule has 4 heterocycles. The minimum Gasteiger partial charge on any atom is -0.264 e. The van der Waals surface area contributed by atoms with Crippen molar-refractivity contribution in [3.63, 3.8) is 0 Å². The molecular weight excluding hydrogens is 909 g/mol. The normalized spacial score (nSPS) is 11.3. The van der Waals surface area contributed by atoms with Gasteiger partial charge in [0, 0.05) is 58.2 Å². The van der Waals surface area contributed by atoms with Gasteiger partial charge in [-0.3, -0.25) is 9.97 Å². The molecule has 0 fully saturated rings. The fourth-order valence-corrected chi connectivity index (χ4v) is 14.5. The van der Waals surface area contributed by atoms with Crippen molar-refractivity contribution in [3.8, 4) is 90.6 Å². The van der Waals surface area contributed by atoms with E-state index in [0.29, 0.717) is 34.9 Å². The van der Waals surface area contributed by atoms with Gasteiger partial charge in [-0.15, -0.1) is 0 Å². The molecule has 0 spiro atoms. The van der Waals surface area contributed by atoms with Crippen molar-refractivity contribution in [2.45, 2.75) is 0 Å². The van der Waals surface area contributed by atoms with Gasteiger partial charge in [0.2, 0.25) is 0 Å². The van der Waals surface area contributed by atoms with E-state index in [0.717, 1.165) is 66.0 Å². The molecule has 0 saturated carbocycles. The molecule has 0 atom stereocenters. The van der Waals surface area contributed by atoms with Crippen LogP contribution in [0.4, 0.5) is 0 Å². The van der Waals surface area contributed by atoms with Crippen molar-refractivity contribution in [3.05, 3.63) is 267 Å². The van der Waals surface area contributed by atoms with E-state index in [1.165, 1.54) is 10.4 Å². The van der Waals surface area contributed by atoms with Gasteiger partial charge in [0.1, 0.15) is 0 Å². The van der Waals surface area contributed by atoms with Crippen molar-refractivity contribution in [2.75, 3.05) is 0 Å². The summed E-state index contributed by atoms with van der Waals surface area (Å²) in [5.74, 6) is 3.55. The molecule has 12 rings (SSSR count). The summed E-state index contributed by atoms with van der Waals surface area (Å²) in [6, 6.07) is 84.2. The number of hydrogen-bond donors (Lipinski definition) is 0. The molecule has 8 aromatic carbocycles. The Hall–Kier alpha value is -9.70. The van der Waals surface area contributed by atoms with Gasteiger partial charge in [0.25, 0.3) is 0 Å². The maximum absolute atomic E-state index is 5.23. The lowest BCUT2D eigenvalue weighted by Crippen LogP contribution is -2.74. The Morgan fingerprint density at radius 3 is 0.740 bits per heavy atom. The second-order valence-corrected chi connectivity index (χ2v) is 21.4. The van der Waals surface area contributed by atoms with Crippen LogP contribution in [0.15, 0.2) is 267 Å². The Labute approximate surface area is 424 Å². The summed E-state index contributed by atoms with van der Waals surface area (Å²) in [5, 5.41) is 4.59. The fourth-order valence-electron chi connectivity index (χ4n) is 9.59. The molecule has 344 valence electrons. The first-order chi connectivity index (χ1) is 36.2. The van der Waals surface area contributed by atoms with Crippen molar-refractivity contribution >= 4 is 28.8 Å². The smallest absolute Gasteiger partial charge is 0.179 e. The Morgan fingerprint density at radius 1 is 0.205 bits per heavy atom. The third kappa shape index (κ3) is 9.04. The van der Waals surface area contributed by atoms with Gasteiger partial charge in [0.05, 0.1) is 0 Å². The monoisotopic (exact) mass is 952 g/mol. The van der Waals surface area contributed by atoms with Crippen molar-refractivity contribution in [2.24, 2.45) is 0 Å². The van der Waals surface area contributed by atoms with Crippen LogP contribution in [-0.2, 0) is 0 Å². The third-order valence-corrected chi connectivity index (χ3v) is 17.8. The molecule has 9 heteroatoms. The van der Waals surface area contributed by atoms with Gasteiger partial charge < -0.3 is 0 Å². The topological polar surface area (TPSA) is 103 Å². The van der Waals surface area contributed by atoms with E-state index in [-0.39, 0.29) is 0 Å². The van der Waals surface area contributed by atoms with Crippen molar-refractivity contribution in [1.29, 1.82) is 0 Å². The van der Waals surface area contributed by atoms with E-state index in [9.17, 15) is 0 Å². The summed E-state index contributed by atoms with van der Waals surface area (Å²) < 4.78 is 0. The maximum atomic E-state index is 5.23. The summed E-state index contributed by atoms with van der Waals surface area (Å²) in [6.45, 7) is 0. The first kappa shape index (κ1) is 44.5. The molecule has 8 nitrogen and oxygen atoms in total. The predicted molar refractivity (Wildman–Crippen MR) is 296 cm³/mol. The molecule has 0 radical (unpaired) electrons.